The van der Waals surface area contributed by atoms with Crippen LogP contribution in [0, 0.1) is 6.92 Å². The molecule has 0 bridgehead atoms. The van der Waals surface area contributed by atoms with Crippen LogP contribution in [0.4, 0.5) is 0 Å². The Morgan fingerprint density at radius 2 is 1.94 bits per heavy atom. The highest BCUT2D eigenvalue weighted by atomic mass is 79.9. The van der Waals surface area contributed by atoms with E-state index in [1.807, 2.05) is 13.0 Å². The largest absolute Gasteiger partial charge is 0.478 e. The Bertz CT molecular complexity index is 581. The van der Waals surface area contributed by atoms with Crippen molar-refractivity contribution < 1.29 is 14.6 Å². The molecule has 0 radical (unpaired) electrons. The Morgan fingerprint density at radius 3 is 2.56 bits per heavy atom. The molecular weight excluding hydrogens is 298 g/mol. The van der Waals surface area contributed by atoms with Gasteiger partial charge in [-0.15, -0.1) is 0 Å². The van der Waals surface area contributed by atoms with Gasteiger partial charge in [0.2, 0.25) is 5.88 Å². The van der Waals surface area contributed by atoms with Crippen LogP contribution in [-0.2, 0) is 0 Å². The number of carboxylic acid groups (broad SMARTS) is 1. The minimum Gasteiger partial charge on any atom is -0.478 e. The summed E-state index contributed by atoms with van der Waals surface area (Å²) in [7, 11) is 0. The third-order valence-corrected chi connectivity index (χ3v) is 3.33. The van der Waals surface area contributed by atoms with Crippen molar-refractivity contribution >= 4 is 21.9 Å². The molecule has 1 aromatic heterocycles. The third kappa shape index (κ3) is 2.68. The van der Waals surface area contributed by atoms with Gasteiger partial charge in [0.05, 0.1) is 10.0 Å². The van der Waals surface area contributed by atoms with Crippen molar-refractivity contribution in [2.24, 2.45) is 0 Å². The van der Waals surface area contributed by atoms with E-state index < -0.39 is 5.97 Å². The summed E-state index contributed by atoms with van der Waals surface area (Å²) in [6.45, 7) is 1.94. The highest BCUT2D eigenvalue weighted by Gasteiger charge is 2.07. The maximum absolute atomic E-state index is 10.7. The highest BCUT2D eigenvalue weighted by Crippen LogP contribution is 2.29. The summed E-state index contributed by atoms with van der Waals surface area (Å²) in [5.74, 6) is 0.0355. The molecule has 0 aliphatic rings. The van der Waals surface area contributed by atoms with Gasteiger partial charge in [0.1, 0.15) is 5.75 Å². The lowest BCUT2D eigenvalue weighted by Gasteiger charge is -2.08. The van der Waals surface area contributed by atoms with Crippen LogP contribution in [0.1, 0.15) is 15.9 Å². The molecule has 0 amide bonds. The van der Waals surface area contributed by atoms with E-state index in [0.29, 0.717) is 11.6 Å². The molecule has 1 heterocycles. The molecule has 0 unspecified atom stereocenters. The molecule has 2 rings (SSSR count). The number of aryl methyl sites for hydroxylation is 1. The molecule has 18 heavy (non-hydrogen) atoms. The van der Waals surface area contributed by atoms with Gasteiger partial charge in [-0.3, -0.25) is 0 Å². The van der Waals surface area contributed by atoms with Crippen molar-refractivity contribution in [1.82, 2.24) is 4.98 Å². The first-order chi connectivity index (χ1) is 8.58. The zero-order valence-electron chi connectivity index (χ0n) is 9.55. The van der Waals surface area contributed by atoms with Gasteiger partial charge in [0.15, 0.2) is 0 Å². The summed E-state index contributed by atoms with van der Waals surface area (Å²) in [5.41, 5.74) is 1.24. The van der Waals surface area contributed by atoms with Crippen LogP contribution in [-0.4, -0.2) is 16.1 Å². The van der Waals surface area contributed by atoms with E-state index in [4.69, 9.17) is 9.84 Å². The van der Waals surface area contributed by atoms with E-state index in [-0.39, 0.29) is 5.56 Å². The number of pyridine rings is 1. The first kappa shape index (κ1) is 12.6. The minimum absolute atomic E-state index is 0.221. The molecule has 1 N–H and O–H groups in total. The SMILES string of the molecule is Cc1ccnc(Oc2ccc(C(=O)O)cc2)c1Br. The number of hydrogen-bond donors (Lipinski definition) is 1. The molecule has 0 aliphatic heterocycles. The fourth-order valence-electron chi connectivity index (χ4n) is 1.36. The number of aromatic nitrogens is 1. The molecule has 2 aromatic rings. The van der Waals surface area contributed by atoms with Gasteiger partial charge in [-0.2, -0.15) is 0 Å². The summed E-state index contributed by atoms with van der Waals surface area (Å²) in [6.07, 6.45) is 1.65. The monoisotopic (exact) mass is 307 g/mol. The van der Waals surface area contributed by atoms with Crippen molar-refractivity contribution in [2.45, 2.75) is 6.92 Å². The van der Waals surface area contributed by atoms with Gasteiger partial charge in [-0.25, -0.2) is 9.78 Å². The lowest BCUT2D eigenvalue weighted by Crippen LogP contribution is -1.96. The highest BCUT2D eigenvalue weighted by molar-refractivity contribution is 9.10. The second-order valence-electron chi connectivity index (χ2n) is 3.68. The van der Waals surface area contributed by atoms with Gasteiger partial charge in [0, 0.05) is 6.20 Å². The Labute approximate surface area is 112 Å². The van der Waals surface area contributed by atoms with E-state index >= 15 is 0 Å². The lowest BCUT2D eigenvalue weighted by atomic mass is 10.2. The molecule has 0 saturated carbocycles. The average Bonchev–Trinajstić information content (AvgIpc) is 2.36. The molecule has 92 valence electrons. The third-order valence-electron chi connectivity index (χ3n) is 2.37. The van der Waals surface area contributed by atoms with Gasteiger partial charge in [0.25, 0.3) is 0 Å². The molecular formula is C13H10BrNO3. The quantitative estimate of drug-likeness (QED) is 0.940. The second kappa shape index (κ2) is 5.18. The van der Waals surface area contributed by atoms with Crippen LogP contribution in [0.25, 0.3) is 0 Å². The van der Waals surface area contributed by atoms with Gasteiger partial charge >= 0.3 is 5.97 Å². The number of benzene rings is 1. The van der Waals surface area contributed by atoms with Crippen molar-refractivity contribution in [3.05, 3.63) is 52.1 Å². The van der Waals surface area contributed by atoms with Crippen LogP contribution in [0.2, 0.25) is 0 Å². The molecule has 1 aromatic carbocycles. The maximum atomic E-state index is 10.7. The van der Waals surface area contributed by atoms with Crippen LogP contribution in [0.5, 0.6) is 11.6 Å². The van der Waals surface area contributed by atoms with Crippen LogP contribution in [0.3, 0.4) is 0 Å². The summed E-state index contributed by atoms with van der Waals surface area (Å²) >= 11 is 3.39. The minimum atomic E-state index is -0.962. The Morgan fingerprint density at radius 1 is 1.28 bits per heavy atom. The molecule has 0 atom stereocenters. The van der Waals surface area contributed by atoms with Gasteiger partial charge in [-0.1, -0.05) is 0 Å². The molecule has 5 heteroatoms. The number of aromatic carboxylic acids is 1. The number of halogens is 1. The van der Waals surface area contributed by atoms with Crippen molar-refractivity contribution in [2.75, 3.05) is 0 Å². The first-order valence-electron chi connectivity index (χ1n) is 5.20. The van der Waals surface area contributed by atoms with Crippen LogP contribution < -0.4 is 4.74 Å². The molecule has 0 aliphatic carbocycles. The lowest BCUT2D eigenvalue weighted by molar-refractivity contribution is 0.0697. The number of nitrogens with zero attached hydrogens (tertiary/aromatic N) is 1. The summed E-state index contributed by atoms with van der Waals surface area (Å²) in [6, 6.07) is 8.03. The zero-order valence-corrected chi connectivity index (χ0v) is 11.1. The Hall–Kier alpha value is -1.88. The summed E-state index contributed by atoms with van der Waals surface area (Å²) in [5, 5.41) is 8.79. The predicted molar refractivity (Wildman–Crippen MR) is 70.1 cm³/mol. The zero-order chi connectivity index (χ0) is 13.1. The molecule has 4 nitrogen and oxygen atoms in total. The van der Waals surface area contributed by atoms with E-state index in [1.54, 1.807) is 18.3 Å². The van der Waals surface area contributed by atoms with Gasteiger partial charge in [-0.05, 0) is 58.7 Å². The number of carboxylic acids is 1. The summed E-state index contributed by atoms with van der Waals surface area (Å²) < 4.78 is 6.36. The first-order valence-corrected chi connectivity index (χ1v) is 5.99. The standard InChI is InChI=1S/C13H10BrNO3/c1-8-6-7-15-12(11(8)14)18-10-4-2-9(3-5-10)13(16)17/h2-7H,1H3,(H,16,17). The van der Waals surface area contributed by atoms with E-state index in [1.165, 1.54) is 12.1 Å². The Kier molecular flexibility index (Phi) is 3.62. The number of rotatable bonds is 3. The Balaban J connectivity index is 2.24. The van der Waals surface area contributed by atoms with Crippen molar-refractivity contribution in [3.8, 4) is 11.6 Å². The molecule has 0 spiro atoms. The van der Waals surface area contributed by atoms with Crippen LogP contribution >= 0.6 is 15.9 Å². The number of hydrogen-bond acceptors (Lipinski definition) is 3. The second-order valence-corrected chi connectivity index (χ2v) is 4.47. The average molecular weight is 308 g/mol. The predicted octanol–water partition coefficient (Wildman–Crippen LogP) is 3.64. The van der Waals surface area contributed by atoms with Gasteiger partial charge < -0.3 is 9.84 Å². The number of carbonyl (C=O) groups is 1. The number of ether oxygens (including phenoxy) is 1. The van der Waals surface area contributed by atoms with E-state index in [9.17, 15) is 4.79 Å². The fraction of sp³-hybridized carbons (Fsp3) is 0.0769. The maximum Gasteiger partial charge on any atom is 0.335 e. The molecule has 0 saturated heterocycles. The summed E-state index contributed by atoms with van der Waals surface area (Å²) in [4.78, 5) is 14.8. The van der Waals surface area contributed by atoms with Crippen molar-refractivity contribution in [1.29, 1.82) is 0 Å². The van der Waals surface area contributed by atoms with E-state index in [2.05, 4.69) is 20.9 Å². The van der Waals surface area contributed by atoms with Crippen LogP contribution in [0.15, 0.2) is 41.0 Å². The topological polar surface area (TPSA) is 59.4 Å². The fourth-order valence-corrected chi connectivity index (χ4v) is 1.68. The smallest absolute Gasteiger partial charge is 0.335 e. The normalized spacial score (nSPS) is 10.1. The molecule has 0 fully saturated rings. The van der Waals surface area contributed by atoms with E-state index in [0.717, 1.165) is 10.0 Å². The van der Waals surface area contributed by atoms with Crippen molar-refractivity contribution in [3.63, 3.8) is 0 Å².